The van der Waals surface area contributed by atoms with Gasteiger partial charge in [0.1, 0.15) is 18.2 Å². The van der Waals surface area contributed by atoms with Gasteiger partial charge in [-0.2, -0.15) is 0 Å². The number of benzene rings is 3. The average molecular weight is 359 g/mol. The van der Waals surface area contributed by atoms with Gasteiger partial charge in [0.05, 0.1) is 16.7 Å². The molecular formula is C22H18FN3O. The Morgan fingerprint density at radius 2 is 1.81 bits per heavy atom. The molecule has 5 heteroatoms. The van der Waals surface area contributed by atoms with Gasteiger partial charge >= 0.3 is 0 Å². The van der Waals surface area contributed by atoms with Gasteiger partial charge < -0.3 is 9.88 Å². The third-order valence-electron chi connectivity index (χ3n) is 4.38. The Labute approximate surface area is 156 Å². The maximum atomic E-state index is 13.8. The highest BCUT2D eigenvalue weighted by Crippen LogP contribution is 2.25. The number of aryl methyl sites for hydroxylation is 1. The van der Waals surface area contributed by atoms with Crippen molar-refractivity contribution in [2.45, 2.75) is 13.5 Å². The lowest BCUT2D eigenvalue weighted by Crippen LogP contribution is -2.20. The minimum atomic E-state index is -0.458. The van der Waals surface area contributed by atoms with E-state index in [9.17, 15) is 9.18 Å². The molecule has 0 aliphatic rings. The van der Waals surface area contributed by atoms with Gasteiger partial charge in [-0.05, 0) is 37.3 Å². The van der Waals surface area contributed by atoms with Crippen molar-refractivity contribution in [2.24, 2.45) is 0 Å². The number of nitrogens with zero attached hydrogens (tertiary/aromatic N) is 2. The molecule has 27 heavy (non-hydrogen) atoms. The highest BCUT2D eigenvalue weighted by atomic mass is 19.1. The topological polar surface area (TPSA) is 46.9 Å². The molecule has 0 unspecified atom stereocenters. The van der Waals surface area contributed by atoms with Crippen LogP contribution in [0, 0.1) is 12.7 Å². The van der Waals surface area contributed by atoms with E-state index in [-0.39, 0.29) is 18.1 Å². The van der Waals surface area contributed by atoms with Crippen molar-refractivity contribution in [3.05, 3.63) is 84.2 Å². The molecule has 4 rings (SSSR count). The molecule has 0 spiro atoms. The van der Waals surface area contributed by atoms with E-state index in [1.54, 1.807) is 18.2 Å². The Morgan fingerprint density at radius 1 is 1.04 bits per heavy atom. The van der Waals surface area contributed by atoms with Gasteiger partial charge in [-0.25, -0.2) is 9.37 Å². The van der Waals surface area contributed by atoms with Crippen LogP contribution in [0.3, 0.4) is 0 Å². The normalized spacial score (nSPS) is 10.9. The lowest BCUT2D eigenvalue weighted by Gasteiger charge is -2.11. The summed E-state index contributed by atoms with van der Waals surface area (Å²) in [6.45, 7) is 2.06. The Morgan fingerprint density at radius 3 is 2.63 bits per heavy atom. The Hall–Kier alpha value is -3.47. The van der Waals surface area contributed by atoms with Crippen LogP contribution in [-0.4, -0.2) is 15.5 Å². The van der Waals surface area contributed by atoms with E-state index in [0.717, 1.165) is 22.2 Å². The molecule has 0 fully saturated rings. The maximum Gasteiger partial charge on any atom is 0.244 e. The zero-order valence-corrected chi connectivity index (χ0v) is 14.8. The summed E-state index contributed by atoms with van der Waals surface area (Å²) in [6, 6.07) is 21.8. The summed E-state index contributed by atoms with van der Waals surface area (Å²) in [4.78, 5) is 17.3. The van der Waals surface area contributed by atoms with Gasteiger partial charge in [0.15, 0.2) is 0 Å². The van der Waals surface area contributed by atoms with Crippen molar-refractivity contribution in [1.82, 2.24) is 9.55 Å². The molecule has 1 heterocycles. The molecule has 1 aromatic heterocycles. The van der Waals surface area contributed by atoms with Gasteiger partial charge in [0.2, 0.25) is 5.91 Å². The summed E-state index contributed by atoms with van der Waals surface area (Å²) in [6.07, 6.45) is 0. The van der Waals surface area contributed by atoms with E-state index in [2.05, 4.69) is 5.32 Å². The van der Waals surface area contributed by atoms with E-state index in [4.69, 9.17) is 4.98 Å². The van der Waals surface area contributed by atoms with E-state index < -0.39 is 5.82 Å². The summed E-state index contributed by atoms with van der Waals surface area (Å²) >= 11 is 0. The van der Waals surface area contributed by atoms with E-state index >= 15 is 0 Å². The quantitative estimate of drug-likeness (QED) is 0.569. The van der Waals surface area contributed by atoms with Crippen LogP contribution < -0.4 is 5.32 Å². The molecule has 0 saturated carbocycles. The predicted octanol–water partition coefficient (Wildman–Crippen LogP) is 4.79. The largest absolute Gasteiger partial charge is 0.322 e. The Bertz CT molecular complexity index is 1130. The molecular weight excluding hydrogens is 341 g/mol. The van der Waals surface area contributed by atoms with Crippen LogP contribution in [0.1, 0.15) is 5.56 Å². The van der Waals surface area contributed by atoms with Crippen LogP contribution >= 0.6 is 0 Å². The summed E-state index contributed by atoms with van der Waals surface area (Å²) in [5.41, 5.74) is 3.89. The predicted molar refractivity (Wildman–Crippen MR) is 105 cm³/mol. The maximum absolute atomic E-state index is 13.8. The first-order chi connectivity index (χ1) is 13.1. The lowest BCUT2D eigenvalue weighted by atomic mass is 10.1. The molecule has 4 aromatic rings. The smallest absolute Gasteiger partial charge is 0.244 e. The highest BCUT2D eigenvalue weighted by molar-refractivity contribution is 5.92. The average Bonchev–Trinajstić information content (AvgIpc) is 3.02. The minimum absolute atomic E-state index is 0.0398. The van der Waals surface area contributed by atoms with Gasteiger partial charge in [-0.1, -0.05) is 48.0 Å². The Kier molecular flexibility index (Phi) is 4.42. The number of rotatable bonds is 4. The van der Waals surface area contributed by atoms with Crippen molar-refractivity contribution in [3.63, 3.8) is 0 Å². The van der Waals surface area contributed by atoms with Crippen molar-refractivity contribution >= 4 is 22.6 Å². The van der Waals surface area contributed by atoms with Gasteiger partial charge in [0, 0.05) is 5.56 Å². The first kappa shape index (κ1) is 17.0. The monoisotopic (exact) mass is 359 g/mol. The number of nitrogens with one attached hydrogen (secondary N) is 1. The number of amides is 1. The number of halogens is 1. The zero-order valence-electron chi connectivity index (χ0n) is 14.8. The standard InChI is InChI=1S/C22H18FN3O/c1-15-7-6-8-16(13-15)22-25-19-11-4-5-12-20(19)26(22)14-21(27)24-18-10-3-2-9-17(18)23/h2-13H,14H2,1H3,(H,24,27). The molecule has 4 nitrogen and oxygen atoms in total. The molecule has 1 N–H and O–H groups in total. The second kappa shape index (κ2) is 7.03. The van der Waals surface area contributed by atoms with Crippen LogP contribution in [0.15, 0.2) is 72.8 Å². The first-order valence-electron chi connectivity index (χ1n) is 8.68. The number of hydrogen-bond acceptors (Lipinski definition) is 2. The first-order valence-corrected chi connectivity index (χ1v) is 8.68. The van der Waals surface area contributed by atoms with E-state index in [0.29, 0.717) is 5.82 Å². The fourth-order valence-corrected chi connectivity index (χ4v) is 3.14. The molecule has 1 amide bonds. The van der Waals surface area contributed by atoms with Crippen LogP contribution in [0.25, 0.3) is 22.4 Å². The summed E-state index contributed by atoms with van der Waals surface area (Å²) in [5, 5.41) is 2.64. The minimum Gasteiger partial charge on any atom is -0.322 e. The van der Waals surface area contributed by atoms with E-state index in [1.165, 1.54) is 6.07 Å². The van der Waals surface area contributed by atoms with Crippen molar-refractivity contribution in [1.29, 1.82) is 0 Å². The molecule has 0 aliphatic carbocycles. The fourth-order valence-electron chi connectivity index (χ4n) is 3.14. The number of fused-ring (bicyclic) bond motifs is 1. The third-order valence-corrected chi connectivity index (χ3v) is 4.38. The number of imidazole rings is 1. The summed E-state index contributed by atoms with van der Waals surface area (Å²) < 4.78 is 15.7. The van der Waals surface area contributed by atoms with Gasteiger partial charge in [0.25, 0.3) is 0 Å². The lowest BCUT2D eigenvalue weighted by molar-refractivity contribution is -0.116. The van der Waals surface area contributed by atoms with Gasteiger partial charge in [-0.3, -0.25) is 4.79 Å². The van der Waals surface area contributed by atoms with Gasteiger partial charge in [-0.15, -0.1) is 0 Å². The number of para-hydroxylation sites is 3. The molecule has 0 atom stereocenters. The zero-order chi connectivity index (χ0) is 18.8. The summed E-state index contributed by atoms with van der Waals surface area (Å²) in [5.74, 6) is -0.0546. The van der Waals surface area contributed by atoms with Crippen LogP contribution in [0.5, 0.6) is 0 Å². The third kappa shape index (κ3) is 3.44. The second-order valence-electron chi connectivity index (χ2n) is 6.41. The molecule has 3 aromatic carbocycles. The molecule has 134 valence electrons. The number of hydrogen-bond donors (Lipinski definition) is 1. The molecule has 0 bridgehead atoms. The number of aromatic nitrogens is 2. The van der Waals surface area contributed by atoms with Crippen molar-refractivity contribution < 1.29 is 9.18 Å². The highest BCUT2D eigenvalue weighted by Gasteiger charge is 2.16. The Balaban J connectivity index is 1.73. The molecule has 0 radical (unpaired) electrons. The van der Waals surface area contributed by atoms with Crippen LogP contribution in [0.2, 0.25) is 0 Å². The SMILES string of the molecule is Cc1cccc(-c2nc3ccccc3n2CC(=O)Nc2ccccc2F)c1. The second-order valence-corrected chi connectivity index (χ2v) is 6.41. The van der Waals surface area contributed by atoms with Crippen LogP contribution in [-0.2, 0) is 11.3 Å². The number of anilines is 1. The summed E-state index contributed by atoms with van der Waals surface area (Å²) in [7, 11) is 0. The molecule has 0 aliphatic heterocycles. The van der Waals surface area contributed by atoms with Crippen molar-refractivity contribution in [3.8, 4) is 11.4 Å². The fraction of sp³-hybridized carbons (Fsp3) is 0.0909. The van der Waals surface area contributed by atoms with Crippen LogP contribution in [0.4, 0.5) is 10.1 Å². The van der Waals surface area contributed by atoms with E-state index in [1.807, 2.05) is 60.0 Å². The van der Waals surface area contributed by atoms with Crippen molar-refractivity contribution in [2.75, 3.05) is 5.32 Å². The molecule has 0 saturated heterocycles. The number of carbonyl (C=O) groups is 1. The number of carbonyl (C=O) groups excluding carboxylic acids is 1.